The minimum atomic E-state index is -0.407. The summed E-state index contributed by atoms with van der Waals surface area (Å²) in [5.74, 6) is 0.670. The Kier molecular flexibility index (Phi) is 3.75. The van der Waals surface area contributed by atoms with Crippen LogP contribution in [0.15, 0.2) is 30.3 Å². The van der Waals surface area contributed by atoms with Crippen LogP contribution in [0.1, 0.15) is 23.7 Å². The monoisotopic (exact) mass is 285 g/mol. The third-order valence-electron chi connectivity index (χ3n) is 3.76. The molecule has 1 amide bonds. The van der Waals surface area contributed by atoms with E-state index in [2.05, 4.69) is 10.3 Å². The van der Waals surface area contributed by atoms with E-state index in [-0.39, 0.29) is 5.91 Å². The fourth-order valence-corrected chi connectivity index (χ4v) is 2.72. The number of para-hydroxylation sites is 1. The highest BCUT2D eigenvalue weighted by Gasteiger charge is 2.26. The van der Waals surface area contributed by atoms with Crippen LogP contribution in [-0.2, 0) is 0 Å². The first-order valence-electron chi connectivity index (χ1n) is 7.30. The SMILES string of the molecule is CCNc1cc(C(=O)N2CCC(O)C2)c2ccccc2n1. The number of fused-ring (bicyclic) bond motifs is 1. The average Bonchev–Trinajstić information content (AvgIpc) is 2.92. The Labute approximate surface area is 123 Å². The Bertz CT molecular complexity index is 672. The molecule has 1 atom stereocenters. The zero-order valence-electron chi connectivity index (χ0n) is 12.0. The Morgan fingerprint density at radius 1 is 1.48 bits per heavy atom. The number of nitrogens with one attached hydrogen (secondary N) is 1. The third-order valence-corrected chi connectivity index (χ3v) is 3.76. The van der Waals surface area contributed by atoms with E-state index in [4.69, 9.17) is 0 Å². The van der Waals surface area contributed by atoms with Crippen molar-refractivity contribution in [3.8, 4) is 0 Å². The summed E-state index contributed by atoms with van der Waals surface area (Å²) in [6, 6.07) is 9.45. The third kappa shape index (κ3) is 2.69. The lowest BCUT2D eigenvalue weighted by Gasteiger charge is -2.17. The van der Waals surface area contributed by atoms with Gasteiger partial charge in [0.15, 0.2) is 0 Å². The molecule has 2 N–H and O–H groups in total. The number of nitrogens with zero attached hydrogens (tertiary/aromatic N) is 2. The van der Waals surface area contributed by atoms with Crippen molar-refractivity contribution in [2.45, 2.75) is 19.4 Å². The van der Waals surface area contributed by atoms with E-state index in [1.165, 1.54) is 0 Å². The molecule has 2 heterocycles. The first kappa shape index (κ1) is 13.8. The number of anilines is 1. The van der Waals surface area contributed by atoms with Gasteiger partial charge in [-0.25, -0.2) is 4.98 Å². The highest BCUT2D eigenvalue weighted by atomic mass is 16.3. The number of aromatic nitrogens is 1. The quantitative estimate of drug-likeness (QED) is 0.903. The van der Waals surface area contributed by atoms with Crippen LogP contribution in [0, 0.1) is 0 Å². The van der Waals surface area contributed by atoms with Gasteiger partial charge >= 0.3 is 0 Å². The van der Waals surface area contributed by atoms with Gasteiger partial charge in [-0.15, -0.1) is 0 Å². The second kappa shape index (κ2) is 5.69. The lowest BCUT2D eigenvalue weighted by molar-refractivity contribution is 0.0767. The van der Waals surface area contributed by atoms with Crippen molar-refractivity contribution in [2.24, 2.45) is 0 Å². The number of aliphatic hydroxyl groups is 1. The summed E-state index contributed by atoms with van der Waals surface area (Å²) in [6.07, 6.45) is 0.241. The molecule has 3 rings (SSSR count). The maximum absolute atomic E-state index is 12.7. The largest absolute Gasteiger partial charge is 0.391 e. The molecule has 5 heteroatoms. The molecule has 0 radical (unpaired) electrons. The molecule has 0 spiro atoms. The number of pyridine rings is 1. The van der Waals surface area contributed by atoms with Gasteiger partial charge in [-0.1, -0.05) is 18.2 Å². The molecule has 1 aliphatic rings. The van der Waals surface area contributed by atoms with E-state index < -0.39 is 6.10 Å². The number of carbonyl (C=O) groups is 1. The molecule has 5 nitrogen and oxygen atoms in total. The summed E-state index contributed by atoms with van der Waals surface area (Å²) in [6.45, 7) is 3.76. The van der Waals surface area contributed by atoms with Gasteiger partial charge in [0.2, 0.25) is 0 Å². The maximum Gasteiger partial charge on any atom is 0.254 e. The van der Waals surface area contributed by atoms with Crippen molar-refractivity contribution >= 4 is 22.6 Å². The zero-order chi connectivity index (χ0) is 14.8. The number of benzene rings is 1. The molecule has 1 aromatic carbocycles. The molecular weight excluding hydrogens is 266 g/mol. The lowest BCUT2D eigenvalue weighted by Crippen LogP contribution is -2.29. The number of hydrogen-bond acceptors (Lipinski definition) is 4. The summed E-state index contributed by atoms with van der Waals surface area (Å²) in [7, 11) is 0. The lowest BCUT2D eigenvalue weighted by atomic mass is 10.1. The fraction of sp³-hybridized carbons (Fsp3) is 0.375. The van der Waals surface area contributed by atoms with Crippen LogP contribution in [0.5, 0.6) is 0 Å². The van der Waals surface area contributed by atoms with Gasteiger partial charge in [0.1, 0.15) is 5.82 Å². The van der Waals surface area contributed by atoms with Crippen LogP contribution in [0.4, 0.5) is 5.82 Å². The Hall–Kier alpha value is -2.14. The second-order valence-corrected chi connectivity index (χ2v) is 5.30. The van der Waals surface area contributed by atoms with Crippen molar-refractivity contribution in [1.29, 1.82) is 0 Å². The number of amides is 1. The highest BCUT2D eigenvalue weighted by molar-refractivity contribution is 6.07. The molecule has 0 saturated carbocycles. The number of carbonyl (C=O) groups excluding carboxylic acids is 1. The molecule has 1 saturated heterocycles. The van der Waals surface area contributed by atoms with Gasteiger partial charge in [-0.3, -0.25) is 4.79 Å². The standard InChI is InChI=1S/C16H19N3O2/c1-2-17-15-9-13(12-5-3-4-6-14(12)18-15)16(21)19-8-7-11(20)10-19/h3-6,9,11,20H,2,7-8,10H2,1H3,(H,17,18). The Morgan fingerprint density at radius 2 is 2.29 bits per heavy atom. The van der Waals surface area contributed by atoms with Crippen molar-refractivity contribution in [3.05, 3.63) is 35.9 Å². The minimum Gasteiger partial charge on any atom is -0.391 e. The number of hydrogen-bond donors (Lipinski definition) is 2. The summed E-state index contributed by atoms with van der Waals surface area (Å²) in [5.41, 5.74) is 1.45. The van der Waals surface area contributed by atoms with Crippen molar-refractivity contribution in [2.75, 3.05) is 25.0 Å². The normalized spacial score (nSPS) is 18.2. The highest BCUT2D eigenvalue weighted by Crippen LogP contribution is 2.23. The van der Waals surface area contributed by atoms with Gasteiger partial charge < -0.3 is 15.3 Å². The van der Waals surface area contributed by atoms with Crippen LogP contribution in [0.2, 0.25) is 0 Å². The summed E-state index contributed by atoms with van der Waals surface area (Å²) in [5, 5.41) is 13.6. The van der Waals surface area contributed by atoms with Crippen LogP contribution >= 0.6 is 0 Å². The number of β-amino-alcohol motifs (C(OH)–C–C–N with tert-alkyl or cyclic N) is 1. The molecule has 21 heavy (non-hydrogen) atoms. The van der Waals surface area contributed by atoms with E-state index in [1.807, 2.05) is 31.2 Å². The van der Waals surface area contributed by atoms with Crippen molar-refractivity contribution in [3.63, 3.8) is 0 Å². The molecule has 0 aliphatic carbocycles. The predicted octanol–water partition coefficient (Wildman–Crippen LogP) is 1.87. The average molecular weight is 285 g/mol. The Morgan fingerprint density at radius 3 is 3.00 bits per heavy atom. The van der Waals surface area contributed by atoms with E-state index in [0.29, 0.717) is 30.9 Å². The molecule has 1 aromatic heterocycles. The molecule has 1 fully saturated rings. The molecular formula is C16H19N3O2. The molecule has 1 aliphatic heterocycles. The molecule has 0 bridgehead atoms. The number of rotatable bonds is 3. The number of likely N-dealkylation sites (tertiary alicyclic amines) is 1. The first-order valence-corrected chi connectivity index (χ1v) is 7.30. The molecule has 1 unspecified atom stereocenters. The minimum absolute atomic E-state index is 0.0377. The summed E-state index contributed by atoms with van der Waals surface area (Å²) < 4.78 is 0. The zero-order valence-corrected chi connectivity index (χ0v) is 12.0. The summed E-state index contributed by atoms with van der Waals surface area (Å²) >= 11 is 0. The maximum atomic E-state index is 12.7. The summed E-state index contributed by atoms with van der Waals surface area (Å²) in [4.78, 5) is 19.0. The van der Waals surface area contributed by atoms with Gasteiger partial charge in [-0.2, -0.15) is 0 Å². The fourth-order valence-electron chi connectivity index (χ4n) is 2.72. The second-order valence-electron chi connectivity index (χ2n) is 5.30. The van der Waals surface area contributed by atoms with E-state index in [1.54, 1.807) is 11.0 Å². The van der Waals surface area contributed by atoms with Gasteiger partial charge in [0.25, 0.3) is 5.91 Å². The van der Waals surface area contributed by atoms with Crippen molar-refractivity contribution in [1.82, 2.24) is 9.88 Å². The van der Waals surface area contributed by atoms with Crippen molar-refractivity contribution < 1.29 is 9.90 Å². The predicted molar refractivity (Wildman–Crippen MR) is 82.4 cm³/mol. The number of aliphatic hydroxyl groups excluding tert-OH is 1. The van der Waals surface area contributed by atoms with Crippen LogP contribution in [0.25, 0.3) is 10.9 Å². The smallest absolute Gasteiger partial charge is 0.254 e. The molecule has 2 aromatic rings. The topological polar surface area (TPSA) is 65.5 Å². The molecule has 110 valence electrons. The van der Waals surface area contributed by atoms with Crippen LogP contribution in [0.3, 0.4) is 0 Å². The van der Waals surface area contributed by atoms with E-state index in [9.17, 15) is 9.90 Å². The Balaban J connectivity index is 2.05. The first-order chi connectivity index (χ1) is 10.2. The van der Waals surface area contributed by atoms with E-state index in [0.717, 1.165) is 17.4 Å². The van der Waals surface area contributed by atoms with Crippen LogP contribution < -0.4 is 5.32 Å². The van der Waals surface area contributed by atoms with Gasteiger partial charge in [0, 0.05) is 25.0 Å². The van der Waals surface area contributed by atoms with Gasteiger partial charge in [0.05, 0.1) is 17.2 Å². The van der Waals surface area contributed by atoms with Gasteiger partial charge in [-0.05, 0) is 25.5 Å². The van der Waals surface area contributed by atoms with E-state index >= 15 is 0 Å². The van der Waals surface area contributed by atoms with Crippen LogP contribution in [-0.4, -0.2) is 46.6 Å².